The van der Waals surface area contributed by atoms with Gasteiger partial charge >= 0.3 is 0 Å². The maximum atomic E-state index is 12.2. The van der Waals surface area contributed by atoms with Crippen molar-refractivity contribution < 1.29 is 4.79 Å². The summed E-state index contributed by atoms with van der Waals surface area (Å²) >= 11 is 3.95. The van der Waals surface area contributed by atoms with Gasteiger partial charge in [0.2, 0.25) is 0 Å². The second-order valence-corrected chi connectivity index (χ2v) is 7.44. The quantitative estimate of drug-likeness (QED) is 0.569. The number of carbonyl (C=O) groups excluding carboxylic acids is 1. The lowest BCUT2D eigenvalue weighted by molar-refractivity contribution is 0.0871. The summed E-state index contributed by atoms with van der Waals surface area (Å²) in [5, 5.41) is 2.01. The molecule has 0 N–H and O–H groups in total. The third-order valence-corrected chi connectivity index (χ3v) is 5.44. The molecule has 88 valence electrons. The van der Waals surface area contributed by atoms with Crippen LogP contribution in [0, 0.1) is 14.7 Å². The van der Waals surface area contributed by atoms with Gasteiger partial charge in [0.15, 0.2) is 5.78 Å². The van der Waals surface area contributed by atoms with Gasteiger partial charge < -0.3 is 0 Å². The Morgan fingerprint density at radius 1 is 1.44 bits per heavy atom. The van der Waals surface area contributed by atoms with Crippen LogP contribution in [0.1, 0.15) is 49.4 Å². The molecule has 0 amide bonds. The Morgan fingerprint density at radius 3 is 2.62 bits per heavy atom. The van der Waals surface area contributed by atoms with Crippen LogP contribution in [0.5, 0.6) is 0 Å². The van der Waals surface area contributed by atoms with E-state index >= 15 is 0 Å². The fourth-order valence-corrected chi connectivity index (χ4v) is 3.84. The molecule has 1 fully saturated rings. The van der Waals surface area contributed by atoms with Crippen molar-refractivity contribution >= 4 is 39.7 Å². The first-order valence-electron chi connectivity index (χ1n) is 5.99. The molecule has 1 heterocycles. The zero-order valence-electron chi connectivity index (χ0n) is 9.54. The second kappa shape index (κ2) is 5.63. The lowest BCUT2D eigenvalue weighted by Gasteiger charge is -2.26. The molecule has 1 aliphatic rings. The minimum absolute atomic E-state index is 0.299. The summed E-state index contributed by atoms with van der Waals surface area (Å²) in [7, 11) is 0. The van der Waals surface area contributed by atoms with E-state index in [-0.39, 0.29) is 0 Å². The van der Waals surface area contributed by atoms with E-state index in [1.807, 2.05) is 11.4 Å². The number of hydrogen-bond acceptors (Lipinski definition) is 2. The average Bonchev–Trinajstić information content (AvgIpc) is 2.75. The van der Waals surface area contributed by atoms with Gasteiger partial charge in [-0.3, -0.25) is 4.79 Å². The number of carbonyl (C=O) groups is 1. The number of Topliss-reactive ketones (excluding diaryl/α,β-unsaturated/α-hetero) is 1. The Labute approximate surface area is 115 Å². The summed E-state index contributed by atoms with van der Waals surface area (Å²) in [5.74, 6) is 1.55. The van der Waals surface area contributed by atoms with E-state index in [0.717, 1.165) is 24.3 Å². The molecule has 0 spiro atoms. The summed E-state index contributed by atoms with van der Waals surface area (Å²) in [4.78, 5) is 12.2. The highest BCUT2D eigenvalue weighted by molar-refractivity contribution is 14.1. The standard InChI is InChI=1S/C13H17IOS/c1-2-9-3-5-10(6-4-9)13(15)11-7-12(14)16-8-11/h7-10H,2-6H2,1H3. The van der Waals surface area contributed by atoms with Crippen molar-refractivity contribution in [1.29, 1.82) is 0 Å². The summed E-state index contributed by atoms with van der Waals surface area (Å²) < 4.78 is 1.21. The Bertz CT molecular complexity index is 364. The first kappa shape index (κ1) is 12.6. The molecular formula is C13H17IOS. The minimum atomic E-state index is 0.299. The zero-order chi connectivity index (χ0) is 11.5. The summed E-state index contributed by atoms with van der Waals surface area (Å²) in [5.41, 5.74) is 0.939. The van der Waals surface area contributed by atoms with Gasteiger partial charge in [0.05, 0.1) is 2.88 Å². The first-order valence-corrected chi connectivity index (χ1v) is 7.94. The van der Waals surface area contributed by atoms with Crippen LogP contribution in [-0.4, -0.2) is 5.78 Å². The first-order chi connectivity index (χ1) is 7.70. The average molecular weight is 348 g/mol. The third-order valence-electron chi connectivity index (χ3n) is 3.65. The monoisotopic (exact) mass is 348 g/mol. The van der Waals surface area contributed by atoms with Gasteiger partial charge in [-0.15, -0.1) is 11.3 Å². The van der Waals surface area contributed by atoms with Crippen LogP contribution in [0.2, 0.25) is 0 Å². The Morgan fingerprint density at radius 2 is 2.12 bits per heavy atom. The van der Waals surface area contributed by atoms with Crippen LogP contribution in [0.4, 0.5) is 0 Å². The van der Waals surface area contributed by atoms with Gasteiger partial charge in [0.1, 0.15) is 0 Å². The molecular weight excluding hydrogens is 331 g/mol. The molecule has 1 aromatic heterocycles. The molecule has 0 unspecified atom stereocenters. The highest BCUT2D eigenvalue weighted by atomic mass is 127. The van der Waals surface area contributed by atoms with E-state index in [4.69, 9.17) is 0 Å². The number of halogens is 1. The predicted molar refractivity (Wildman–Crippen MR) is 77.1 cm³/mol. The molecule has 0 atom stereocenters. The highest BCUT2D eigenvalue weighted by Crippen LogP contribution is 2.33. The molecule has 1 aliphatic carbocycles. The van der Waals surface area contributed by atoms with Crippen molar-refractivity contribution in [2.24, 2.45) is 11.8 Å². The van der Waals surface area contributed by atoms with Crippen molar-refractivity contribution in [2.75, 3.05) is 0 Å². The Kier molecular flexibility index (Phi) is 4.41. The zero-order valence-corrected chi connectivity index (χ0v) is 12.5. The molecule has 0 aliphatic heterocycles. The van der Waals surface area contributed by atoms with E-state index in [1.165, 1.54) is 22.1 Å². The predicted octanol–water partition coefficient (Wildman–Crippen LogP) is 4.75. The maximum Gasteiger partial charge on any atom is 0.166 e. The number of thiophene rings is 1. The Hall–Kier alpha value is 0.1000. The molecule has 3 heteroatoms. The van der Waals surface area contributed by atoms with Crippen molar-refractivity contribution in [2.45, 2.75) is 39.0 Å². The minimum Gasteiger partial charge on any atom is -0.294 e. The topological polar surface area (TPSA) is 17.1 Å². The van der Waals surface area contributed by atoms with Gasteiger partial charge in [-0.25, -0.2) is 0 Å². The van der Waals surface area contributed by atoms with Crippen LogP contribution in [0.25, 0.3) is 0 Å². The van der Waals surface area contributed by atoms with E-state index < -0.39 is 0 Å². The Balaban J connectivity index is 1.96. The third kappa shape index (κ3) is 2.86. The summed E-state index contributed by atoms with van der Waals surface area (Å²) in [6.45, 7) is 2.26. The van der Waals surface area contributed by atoms with Crippen LogP contribution in [0.3, 0.4) is 0 Å². The van der Waals surface area contributed by atoms with Gasteiger partial charge in [-0.2, -0.15) is 0 Å². The molecule has 2 rings (SSSR count). The van der Waals surface area contributed by atoms with Crippen LogP contribution >= 0.6 is 33.9 Å². The van der Waals surface area contributed by atoms with Crippen LogP contribution in [0.15, 0.2) is 11.4 Å². The molecule has 0 saturated heterocycles. The SMILES string of the molecule is CCC1CCC(C(=O)c2csc(I)c2)CC1. The smallest absolute Gasteiger partial charge is 0.166 e. The normalized spacial score (nSPS) is 25.6. The largest absolute Gasteiger partial charge is 0.294 e. The molecule has 0 radical (unpaired) electrons. The van der Waals surface area contributed by atoms with Crippen molar-refractivity contribution in [1.82, 2.24) is 0 Å². The number of rotatable bonds is 3. The number of hydrogen-bond donors (Lipinski definition) is 0. The van der Waals surface area contributed by atoms with E-state index in [0.29, 0.717) is 11.7 Å². The fraction of sp³-hybridized carbons (Fsp3) is 0.615. The molecule has 1 saturated carbocycles. The van der Waals surface area contributed by atoms with Gasteiger partial charge in [-0.1, -0.05) is 13.3 Å². The summed E-state index contributed by atoms with van der Waals surface area (Å²) in [6.07, 6.45) is 5.97. The van der Waals surface area contributed by atoms with Gasteiger partial charge in [-0.05, 0) is 60.3 Å². The van der Waals surface area contributed by atoms with Gasteiger partial charge in [0, 0.05) is 16.9 Å². The van der Waals surface area contributed by atoms with Crippen molar-refractivity contribution in [3.63, 3.8) is 0 Å². The molecule has 1 nitrogen and oxygen atoms in total. The highest BCUT2D eigenvalue weighted by Gasteiger charge is 2.26. The van der Waals surface area contributed by atoms with Crippen molar-refractivity contribution in [3.8, 4) is 0 Å². The fourth-order valence-electron chi connectivity index (χ4n) is 2.51. The summed E-state index contributed by atoms with van der Waals surface area (Å²) in [6, 6.07) is 2.03. The molecule has 16 heavy (non-hydrogen) atoms. The maximum absolute atomic E-state index is 12.2. The van der Waals surface area contributed by atoms with E-state index in [9.17, 15) is 4.79 Å². The van der Waals surface area contributed by atoms with Crippen molar-refractivity contribution in [3.05, 3.63) is 19.9 Å². The lowest BCUT2D eigenvalue weighted by atomic mass is 9.78. The number of ketones is 1. The van der Waals surface area contributed by atoms with E-state index in [1.54, 1.807) is 11.3 Å². The van der Waals surface area contributed by atoms with Gasteiger partial charge in [0.25, 0.3) is 0 Å². The second-order valence-electron chi connectivity index (χ2n) is 4.63. The molecule has 0 bridgehead atoms. The lowest BCUT2D eigenvalue weighted by Crippen LogP contribution is -2.21. The van der Waals surface area contributed by atoms with Crippen LogP contribution in [-0.2, 0) is 0 Å². The van der Waals surface area contributed by atoms with Crippen LogP contribution < -0.4 is 0 Å². The molecule has 0 aromatic carbocycles. The van der Waals surface area contributed by atoms with E-state index in [2.05, 4.69) is 29.5 Å². The molecule has 1 aromatic rings.